The molecule has 6 rings (SSSR count). The van der Waals surface area contributed by atoms with E-state index in [2.05, 4.69) is 84.7 Å². The number of aromatic nitrogens is 1. The summed E-state index contributed by atoms with van der Waals surface area (Å²) >= 11 is 0. The molecule has 0 fully saturated rings. The van der Waals surface area contributed by atoms with Crippen molar-refractivity contribution in [1.29, 1.82) is 0 Å². The molecule has 0 aliphatic rings. The van der Waals surface area contributed by atoms with Crippen LogP contribution in [0.25, 0.3) is 54.3 Å². The lowest BCUT2D eigenvalue weighted by Crippen LogP contribution is -1.90. The summed E-state index contributed by atoms with van der Waals surface area (Å²) in [5.41, 5.74) is 3.47. The van der Waals surface area contributed by atoms with Crippen LogP contribution in [-0.4, -0.2) is 4.98 Å². The molecule has 126 valence electrons. The Morgan fingerprint density at radius 1 is 0.593 bits per heavy atom. The van der Waals surface area contributed by atoms with Gasteiger partial charge < -0.3 is 0 Å². The Labute approximate surface area is 157 Å². The predicted molar refractivity (Wildman–Crippen MR) is 116 cm³/mol. The molecule has 0 N–H and O–H groups in total. The molecule has 0 saturated heterocycles. The first-order valence-corrected chi connectivity index (χ1v) is 9.32. The highest BCUT2D eigenvalue weighted by Crippen LogP contribution is 2.42. The van der Waals surface area contributed by atoms with Gasteiger partial charge in [-0.25, -0.2) is 0 Å². The topological polar surface area (TPSA) is 12.9 Å². The zero-order valence-electron chi connectivity index (χ0n) is 15.0. The Morgan fingerprint density at radius 3 is 1.96 bits per heavy atom. The SMILES string of the molecule is Cc1ccnc(-c2ccc3c4cccc5cccc(c6cccc2c63)c54)c1. The van der Waals surface area contributed by atoms with Crippen molar-refractivity contribution >= 4 is 43.1 Å². The number of nitrogens with zero attached hydrogens (tertiary/aromatic N) is 1. The van der Waals surface area contributed by atoms with Gasteiger partial charge in [-0.3, -0.25) is 4.98 Å². The molecule has 6 aromatic rings. The number of aryl methyl sites for hydroxylation is 1. The van der Waals surface area contributed by atoms with Crippen LogP contribution in [0.2, 0.25) is 0 Å². The minimum Gasteiger partial charge on any atom is -0.256 e. The van der Waals surface area contributed by atoms with Crippen LogP contribution >= 0.6 is 0 Å². The Morgan fingerprint density at radius 2 is 1.22 bits per heavy atom. The van der Waals surface area contributed by atoms with E-state index >= 15 is 0 Å². The summed E-state index contributed by atoms with van der Waals surface area (Å²) in [7, 11) is 0. The molecule has 0 radical (unpaired) electrons. The predicted octanol–water partition coefficient (Wildman–Crippen LogP) is 7.11. The smallest absolute Gasteiger partial charge is 0.0710 e. The number of hydrogen-bond donors (Lipinski definition) is 0. The quantitative estimate of drug-likeness (QED) is 0.229. The zero-order valence-corrected chi connectivity index (χ0v) is 15.0. The Hall–Kier alpha value is -3.45. The fourth-order valence-electron chi connectivity index (χ4n) is 4.55. The van der Waals surface area contributed by atoms with E-state index in [0.29, 0.717) is 0 Å². The summed E-state index contributed by atoms with van der Waals surface area (Å²) in [6, 6.07) is 28.6. The van der Waals surface area contributed by atoms with E-state index in [1.165, 1.54) is 54.2 Å². The highest BCUT2D eigenvalue weighted by Gasteiger charge is 2.15. The summed E-state index contributed by atoms with van der Waals surface area (Å²) in [5, 5.41) is 10.6. The summed E-state index contributed by atoms with van der Waals surface area (Å²) in [5.74, 6) is 0. The first-order chi connectivity index (χ1) is 13.3. The molecule has 0 spiro atoms. The fourth-order valence-corrected chi connectivity index (χ4v) is 4.55. The second-order valence-electron chi connectivity index (χ2n) is 7.32. The highest BCUT2D eigenvalue weighted by molar-refractivity contribution is 6.33. The van der Waals surface area contributed by atoms with Crippen LogP contribution in [0.1, 0.15) is 5.56 Å². The summed E-state index contributed by atoms with van der Waals surface area (Å²) in [6.07, 6.45) is 1.90. The summed E-state index contributed by atoms with van der Waals surface area (Å²) in [4.78, 5) is 4.65. The molecule has 1 nitrogen and oxygen atoms in total. The van der Waals surface area contributed by atoms with Gasteiger partial charge in [0.15, 0.2) is 0 Å². The van der Waals surface area contributed by atoms with Crippen molar-refractivity contribution in [3.63, 3.8) is 0 Å². The minimum absolute atomic E-state index is 1.04. The third-order valence-electron chi connectivity index (χ3n) is 5.72. The first-order valence-electron chi connectivity index (χ1n) is 9.32. The molecule has 0 aliphatic heterocycles. The molecular formula is C26H17N. The van der Waals surface area contributed by atoms with E-state index in [1.807, 2.05) is 12.3 Å². The average Bonchev–Trinajstić information content (AvgIpc) is 2.71. The van der Waals surface area contributed by atoms with Gasteiger partial charge >= 0.3 is 0 Å². The van der Waals surface area contributed by atoms with E-state index in [0.717, 1.165) is 5.69 Å². The highest BCUT2D eigenvalue weighted by atomic mass is 14.7. The van der Waals surface area contributed by atoms with Gasteiger partial charge in [0.2, 0.25) is 0 Å². The van der Waals surface area contributed by atoms with Crippen LogP contribution in [0.3, 0.4) is 0 Å². The number of rotatable bonds is 1. The first kappa shape index (κ1) is 14.7. The van der Waals surface area contributed by atoms with Gasteiger partial charge in [0.25, 0.3) is 0 Å². The maximum Gasteiger partial charge on any atom is 0.0710 e. The molecular weight excluding hydrogens is 326 g/mol. The van der Waals surface area contributed by atoms with Crippen molar-refractivity contribution in [2.75, 3.05) is 0 Å². The van der Waals surface area contributed by atoms with Crippen LogP contribution in [0, 0.1) is 6.92 Å². The van der Waals surface area contributed by atoms with Gasteiger partial charge in [0.05, 0.1) is 5.69 Å². The molecule has 0 bridgehead atoms. The molecule has 27 heavy (non-hydrogen) atoms. The van der Waals surface area contributed by atoms with E-state index in [9.17, 15) is 0 Å². The second kappa shape index (κ2) is 5.28. The minimum atomic E-state index is 1.04. The summed E-state index contributed by atoms with van der Waals surface area (Å²) < 4.78 is 0. The molecule has 0 atom stereocenters. The third-order valence-corrected chi connectivity index (χ3v) is 5.72. The number of hydrogen-bond acceptors (Lipinski definition) is 1. The fraction of sp³-hybridized carbons (Fsp3) is 0.0385. The van der Waals surface area contributed by atoms with Crippen molar-refractivity contribution < 1.29 is 0 Å². The molecule has 1 heteroatoms. The Balaban J connectivity index is 1.88. The molecule has 1 heterocycles. The van der Waals surface area contributed by atoms with E-state index in [1.54, 1.807) is 0 Å². The van der Waals surface area contributed by atoms with Crippen molar-refractivity contribution in [1.82, 2.24) is 4.98 Å². The molecule has 0 aliphatic carbocycles. The van der Waals surface area contributed by atoms with E-state index < -0.39 is 0 Å². The van der Waals surface area contributed by atoms with Gasteiger partial charge in [0, 0.05) is 11.8 Å². The average molecular weight is 343 g/mol. The standard InChI is InChI=1S/C26H17N/c1-16-13-14-27-24(15-16)18-11-12-23-21-8-3-6-17-5-2-7-20(25(17)21)22-10-4-9-19(18)26(22)23/h2-15H,1H3. The van der Waals surface area contributed by atoms with Crippen LogP contribution in [0.5, 0.6) is 0 Å². The Kier molecular flexibility index (Phi) is 2.87. The lowest BCUT2D eigenvalue weighted by molar-refractivity contribution is 1.29. The lowest BCUT2D eigenvalue weighted by atomic mass is 9.88. The number of fused-ring (bicyclic) bond motifs is 2. The van der Waals surface area contributed by atoms with Crippen LogP contribution in [0.15, 0.2) is 85.1 Å². The number of benzene rings is 5. The van der Waals surface area contributed by atoms with Crippen LogP contribution < -0.4 is 0 Å². The normalized spacial score (nSPS) is 11.9. The van der Waals surface area contributed by atoms with Crippen molar-refractivity contribution in [3.8, 4) is 11.3 Å². The summed E-state index contributed by atoms with van der Waals surface area (Å²) in [6.45, 7) is 2.12. The largest absolute Gasteiger partial charge is 0.256 e. The van der Waals surface area contributed by atoms with Gasteiger partial charge in [-0.2, -0.15) is 0 Å². The molecule has 0 unspecified atom stereocenters. The monoisotopic (exact) mass is 343 g/mol. The van der Waals surface area contributed by atoms with E-state index in [4.69, 9.17) is 0 Å². The lowest BCUT2D eigenvalue weighted by Gasteiger charge is -2.16. The maximum atomic E-state index is 4.65. The maximum absolute atomic E-state index is 4.65. The van der Waals surface area contributed by atoms with Gasteiger partial charge in [-0.15, -0.1) is 0 Å². The molecule has 0 saturated carbocycles. The van der Waals surface area contributed by atoms with E-state index in [-0.39, 0.29) is 0 Å². The van der Waals surface area contributed by atoms with Gasteiger partial charge in [-0.05, 0) is 67.7 Å². The third kappa shape index (κ3) is 1.97. The van der Waals surface area contributed by atoms with Crippen molar-refractivity contribution in [3.05, 3.63) is 90.6 Å². The number of pyridine rings is 1. The van der Waals surface area contributed by atoms with Crippen LogP contribution in [0.4, 0.5) is 0 Å². The van der Waals surface area contributed by atoms with Crippen molar-refractivity contribution in [2.45, 2.75) is 6.92 Å². The molecule has 5 aromatic carbocycles. The molecule has 0 amide bonds. The zero-order chi connectivity index (χ0) is 18.0. The van der Waals surface area contributed by atoms with Crippen LogP contribution in [-0.2, 0) is 0 Å². The Bertz CT molecular complexity index is 1430. The van der Waals surface area contributed by atoms with Crippen molar-refractivity contribution in [2.24, 2.45) is 0 Å². The van der Waals surface area contributed by atoms with Gasteiger partial charge in [0.1, 0.15) is 0 Å². The van der Waals surface area contributed by atoms with Gasteiger partial charge in [-0.1, -0.05) is 66.7 Å². The second-order valence-corrected chi connectivity index (χ2v) is 7.32. The molecule has 1 aromatic heterocycles.